The number of hydrogen-bond acceptors (Lipinski definition) is 7. The number of ether oxygens (including phenoxy) is 1. The molecule has 0 fully saturated rings. The lowest BCUT2D eigenvalue weighted by atomic mass is 10.1. The molecule has 0 saturated heterocycles. The fourth-order valence-corrected chi connectivity index (χ4v) is 3.66. The second kappa shape index (κ2) is 10.2. The molecule has 1 aromatic carbocycles. The number of nitrogens with zero attached hydrogens (tertiary/aromatic N) is 7. The molecule has 34 heavy (non-hydrogen) atoms. The first-order valence-corrected chi connectivity index (χ1v) is 10.9. The van der Waals surface area contributed by atoms with Crippen molar-refractivity contribution in [2.24, 2.45) is 0 Å². The maximum absolute atomic E-state index is 13.4. The highest BCUT2D eigenvalue weighted by Gasteiger charge is 2.17. The Morgan fingerprint density at radius 3 is 2.71 bits per heavy atom. The maximum atomic E-state index is 13.4. The molecule has 0 spiro atoms. The Hall–Kier alpha value is -3.45. The van der Waals surface area contributed by atoms with Crippen LogP contribution in [0.15, 0.2) is 27.8 Å². The lowest BCUT2D eigenvalue weighted by Crippen LogP contribution is -2.41. The molecule has 0 aliphatic carbocycles. The second-order valence-corrected chi connectivity index (χ2v) is 7.75. The Balaban J connectivity index is 1.47. The number of fused-ring (bicyclic) bond motifs is 1. The van der Waals surface area contributed by atoms with Gasteiger partial charge in [0.2, 0.25) is 5.28 Å². The number of imidazole rings is 1. The van der Waals surface area contributed by atoms with Gasteiger partial charge in [0.05, 0.1) is 19.7 Å². The maximum Gasteiger partial charge on any atom is 0.332 e. The van der Waals surface area contributed by atoms with Crippen LogP contribution in [0.3, 0.4) is 0 Å². The molecule has 0 radical (unpaired) electrons. The minimum Gasteiger partial charge on any atom is -0.380 e. The Bertz CT molecular complexity index is 1430. The minimum absolute atomic E-state index is 0.00907. The number of aromatic amines is 1. The van der Waals surface area contributed by atoms with E-state index in [4.69, 9.17) is 16.3 Å². The van der Waals surface area contributed by atoms with E-state index in [1.54, 1.807) is 0 Å². The lowest BCUT2D eigenvalue weighted by molar-refractivity contribution is 0.138. The monoisotopic (exact) mass is 494 g/mol. The molecule has 0 aliphatic heterocycles. The van der Waals surface area contributed by atoms with Gasteiger partial charge in [-0.15, -0.1) is 10.2 Å². The summed E-state index contributed by atoms with van der Waals surface area (Å²) in [6.45, 7) is 3.19. The van der Waals surface area contributed by atoms with Crippen molar-refractivity contribution in [3.8, 4) is 0 Å². The van der Waals surface area contributed by atoms with Crippen molar-refractivity contribution in [1.29, 1.82) is 0 Å². The first-order chi connectivity index (χ1) is 16.4. The molecule has 4 rings (SSSR count). The summed E-state index contributed by atoms with van der Waals surface area (Å²) < 4.78 is 34.2. The van der Waals surface area contributed by atoms with Gasteiger partial charge in [0, 0.05) is 19.6 Å². The number of aromatic nitrogens is 8. The highest BCUT2D eigenvalue weighted by Crippen LogP contribution is 2.12. The lowest BCUT2D eigenvalue weighted by Gasteiger charge is -2.11. The second-order valence-electron chi connectivity index (χ2n) is 7.39. The molecule has 3 heterocycles. The van der Waals surface area contributed by atoms with Gasteiger partial charge >= 0.3 is 5.69 Å². The van der Waals surface area contributed by atoms with Gasteiger partial charge in [-0.05, 0) is 47.9 Å². The molecular formula is C20H21ClF2N8O3. The van der Waals surface area contributed by atoms with Crippen LogP contribution in [0, 0.1) is 11.6 Å². The van der Waals surface area contributed by atoms with Gasteiger partial charge in [-0.3, -0.25) is 13.9 Å². The number of H-pyrrole nitrogens is 1. The summed E-state index contributed by atoms with van der Waals surface area (Å²) in [5.41, 5.74) is -0.239. The van der Waals surface area contributed by atoms with E-state index in [1.165, 1.54) is 15.4 Å². The smallest absolute Gasteiger partial charge is 0.332 e. The number of benzene rings is 1. The molecule has 0 unspecified atom stereocenters. The number of hydrogen-bond donors (Lipinski definition) is 1. The van der Waals surface area contributed by atoms with Crippen molar-refractivity contribution in [2.45, 2.75) is 39.4 Å². The molecule has 0 bridgehead atoms. The Morgan fingerprint density at radius 1 is 1.12 bits per heavy atom. The van der Waals surface area contributed by atoms with E-state index in [0.717, 1.165) is 16.7 Å². The standard InChI is InChI=1S/C20H21ClF2N8O3/c1-2-34-9-8-29-17-16(24-19(21)25-17)18(32)30(20(29)33)6-3-7-31-27-15(26-28-31)11-12-4-5-13(22)14(23)10-12/h4-5,10H,2-3,6-9,11H2,1H3,(H,24,25). The van der Waals surface area contributed by atoms with E-state index in [2.05, 4.69) is 25.4 Å². The summed E-state index contributed by atoms with van der Waals surface area (Å²) in [4.78, 5) is 33.9. The highest BCUT2D eigenvalue weighted by atomic mass is 35.5. The van der Waals surface area contributed by atoms with Crippen LogP contribution in [0.2, 0.25) is 5.28 Å². The minimum atomic E-state index is -0.947. The predicted molar refractivity (Wildman–Crippen MR) is 118 cm³/mol. The van der Waals surface area contributed by atoms with Crippen molar-refractivity contribution in [3.05, 3.63) is 67.3 Å². The Labute approximate surface area is 195 Å². The van der Waals surface area contributed by atoms with Crippen LogP contribution in [0.5, 0.6) is 0 Å². The molecule has 11 nitrogen and oxygen atoms in total. The highest BCUT2D eigenvalue weighted by molar-refractivity contribution is 6.28. The van der Waals surface area contributed by atoms with Crippen LogP contribution >= 0.6 is 11.6 Å². The van der Waals surface area contributed by atoms with Crippen LogP contribution in [0.1, 0.15) is 24.7 Å². The molecule has 0 saturated carbocycles. The van der Waals surface area contributed by atoms with Gasteiger partial charge in [0.25, 0.3) is 5.56 Å². The van der Waals surface area contributed by atoms with E-state index in [-0.39, 0.29) is 49.1 Å². The average Bonchev–Trinajstić information content (AvgIpc) is 3.42. The third kappa shape index (κ3) is 5.04. The van der Waals surface area contributed by atoms with Crippen LogP contribution in [0.4, 0.5) is 8.78 Å². The molecule has 3 aromatic heterocycles. The number of nitrogens with one attached hydrogen (secondary N) is 1. The summed E-state index contributed by atoms with van der Waals surface area (Å²) in [5, 5.41) is 12.1. The van der Waals surface area contributed by atoms with E-state index in [1.807, 2.05) is 6.92 Å². The zero-order valence-corrected chi connectivity index (χ0v) is 18.9. The summed E-state index contributed by atoms with van der Waals surface area (Å²) in [6, 6.07) is 3.56. The summed E-state index contributed by atoms with van der Waals surface area (Å²) in [6.07, 6.45) is 0.535. The Morgan fingerprint density at radius 2 is 1.94 bits per heavy atom. The van der Waals surface area contributed by atoms with E-state index in [9.17, 15) is 18.4 Å². The molecule has 0 amide bonds. The van der Waals surface area contributed by atoms with Crippen molar-refractivity contribution in [2.75, 3.05) is 13.2 Å². The molecule has 0 atom stereocenters. The first-order valence-electron chi connectivity index (χ1n) is 10.5. The van der Waals surface area contributed by atoms with Crippen molar-refractivity contribution in [1.82, 2.24) is 39.3 Å². The first kappa shape index (κ1) is 23.7. The van der Waals surface area contributed by atoms with Crippen LogP contribution in [0.25, 0.3) is 11.2 Å². The van der Waals surface area contributed by atoms with Crippen LogP contribution in [-0.4, -0.2) is 52.5 Å². The Kier molecular flexibility index (Phi) is 7.12. The van der Waals surface area contributed by atoms with E-state index in [0.29, 0.717) is 24.4 Å². The van der Waals surface area contributed by atoms with Gasteiger partial charge in [0.1, 0.15) is 0 Å². The van der Waals surface area contributed by atoms with Crippen molar-refractivity contribution in [3.63, 3.8) is 0 Å². The molecule has 0 aliphatic rings. The topological polar surface area (TPSA) is 126 Å². The van der Waals surface area contributed by atoms with Crippen molar-refractivity contribution >= 4 is 22.8 Å². The van der Waals surface area contributed by atoms with Gasteiger partial charge in [0.15, 0.2) is 28.6 Å². The van der Waals surface area contributed by atoms with Crippen molar-refractivity contribution < 1.29 is 13.5 Å². The van der Waals surface area contributed by atoms with Gasteiger partial charge in [-0.1, -0.05) is 6.07 Å². The number of aryl methyl sites for hydroxylation is 1. The van der Waals surface area contributed by atoms with Gasteiger partial charge in [-0.2, -0.15) is 9.78 Å². The summed E-state index contributed by atoms with van der Waals surface area (Å²) in [7, 11) is 0. The molecule has 4 aromatic rings. The number of tetrazole rings is 1. The van der Waals surface area contributed by atoms with Gasteiger partial charge < -0.3 is 9.72 Å². The quantitative estimate of drug-likeness (QED) is 0.262. The van der Waals surface area contributed by atoms with E-state index < -0.39 is 22.9 Å². The number of rotatable bonds is 10. The predicted octanol–water partition coefficient (Wildman–Crippen LogP) is 1.52. The fourth-order valence-electron chi connectivity index (χ4n) is 3.48. The summed E-state index contributed by atoms with van der Waals surface area (Å²) in [5.74, 6) is -1.55. The normalized spacial score (nSPS) is 11.5. The molecular weight excluding hydrogens is 474 g/mol. The fraction of sp³-hybridized carbons (Fsp3) is 0.400. The van der Waals surface area contributed by atoms with Crippen LogP contribution < -0.4 is 11.2 Å². The third-order valence-electron chi connectivity index (χ3n) is 5.08. The molecule has 14 heteroatoms. The average molecular weight is 495 g/mol. The zero-order chi connectivity index (χ0) is 24.2. The molecule has 1 N–H and O–H groups in total. The van der Waals surface area contributed by atoms with Gasteiger partial charge in [-0.25, -0.2) is 13.6 Å². The third-order valence-corrected chi connectivity index (χ3v) is 5.26. The van der Waals surface area contributed by atoms with Crippen LogP contribution in [-0.2, 0) is 30.8 Å². The van der Waals surface area contributed by atoms with E-state index >= 15 is 0 Å². The zero-order valence-electron chi connectivity index (χ0n) is 18.2. The SMILES string of the molecule is CCOCCn1c(=O)n(CCCn2nnc(Cc3ccc(F)c(F)c3)n2)c(=O)c2[nH]c(Cl)nc21. The number of halogens is 3. The summed E-state index contributed by atoms with van der Waals surface area (Å²) >= 11 is 5.93. The largest absolute Gasteiger partial charge is 0.380 e. The molecule has 180 valence electrons.